The fourth-order valence-corrected chi connectivity index (χ4v) is 13.0. The van der Waals surface area contributed by atoms with Crippen LogP contribution in [0.5, 0.6) is 23.0 Å². The molecule has 458 valence electrons. The van der Waals surface area contributed by atoms with Crippen LogP contribution in [0.15, 0.2) is 181 Å². The van der Waals surface area contributed by atoms with Crippen LogP contribution < -0.4 is 0 Å². The molecule has 0 bridgehead atoms. The zero-order chi connectivity index (χ0) is 63.0. The van der Waals surface area contributed by atoms with E-state index in [4.69, 9.17) is 9.47 Å². The zero-order valence-electron chi connectivity index (χ0n) is 53.3. The van der Waals surface area contributed by atoms with Crippen molar-refractivity contribution in [2.24, 2.45) is 0 Å². The molecule has 0 saturated heterocycles. The van der Waals surface area contributed by atoms with Gasteiger partial charge in [-0.2, -0.15) is 49.2 Å². The average molecular weight is 1390 g/mol. The predicted molar refractivity (Wildman–Crippen MR) is 370 cm³/mol. The Morgan fingerprint density at radius 3 is 0.944 bits per heavy atom. The molecule has 0 amide bonds. The zero-order valence-corrected chi connectivity index (χ0v) is 58.5. The maximum absolute atomic E-state index is 15.1. The third-order valence-electron chi connectivity index (χ3n) is 16.2. The normalized spacial score (nSPS) is 12.0. The van der Waals surface area contributed by atoms with Gasteiger partial charge in [-0.25, -0.2) is 8.78 Å². The van der Waals surface area contributed by atoms with Gasteiger partial charge in [0.15, 0.2) is 24.7 Å². The SMILES string of the molecule is CC(C)(C)c1ccc2c(c1)c1cc(C(C)(C)C)ccc1n2-c1scc(-c2cc(F)ccc2[OH+]CCCC[OH+]c2ccc(F)cc2-c2csc(-n3c4ccc(C(C)(C)C)cc4c4cc(C(C)(C)C)ccc43)c2O)c1O.[CH2-]c1ccccc1.[CH2-]c1ccccc1.[Hf]. The molecule has 0 aliphatic rings. The summed E-state index contributed by atoms with van der Waals surface area (Å²) >= 11 is 2.85. The van der Waals surface area contributed by atoms with Gasteiger partial charge >= 0.3 is 0 Å². The van der Waals surface area contributed by atoms with Crippen molar-refractivity contribution in [3.8, 4) is 55.3 Å². The monoisotopic (exact) mass is 1390 g/mol. The van der Waals surface area contributed by atoms with Crippen LogP contribution in [0.25, 0.3) is 75.9 Å². The molecule has 12 rings (SSSR count). The van der Waals surface area contributed by atoms with Crippen molar-refractivity contribution in [3.05, 3.63) is 239 Å². The Labute approximate surface area is 551 Å². The van der Waals surface area contributed by atoms with Gasteiger partial charge < -0.3 is 19.7 Å². The van der Waals surface area contributed by atoms with Crippen molar-refractivity contribution < 1.29 is 54.3 Å². The van der Waals surface area contributed by atoms with E-state index in [1.54, 1.807) is 12.1 Å². The number of nitrogens with zero attached hydrogens (tertiary/aromatic N) is 2. The first-order chi connectivity index (χ1) is 41.7. The molecule has 6 nitrogen and oxygen atoms in total. The number of hydrogen-bond donors (Lipinski definition) is 2. The first kappa shape index (κ1) is 65.9. The fourth-order valence-electron chi connectivity index (χ4n) is 11.0. The molecule has 89 heavy (non-hydrogen) atoms. The van der Waals surface area contributed by atoms with E-state index in [0.717, 1.165) is 54.7 Å². The van der Waals surface area contributed by atoms with Gasteiger partial charge in [0.1, 0.15) is 21.6 Å². The number of halogens is 2. The molecule has 4 N–H and O–H groups in total. The number of aliphatic hydroxyl groups is 2. The van der Waals surface area contributed by atoms with E-state index < -0.39 is 11.6 Å². The van der Waals surface area contributed by atoms with E-state index in [1.165, 1.54) is 69.2 Å². The van der Waals surface area contributed by atoms with Crippen molar-refractivity contribution >= 4 is 66.3 Å². The standard InChI is InChI=1S/C64H66F2N2O4S2.2C7H7.Hf/c1-61(2,3)37-15-21-51-43(29-37)44-30-38(62(4,5)6)16-22-52(44)67(51)59-57(69)49(35-73-59)47-33-41(65)19-25-55(47)71-27-13-14-28-72-56-26-20-42(66)34-48(56)50-36-74-60(58(50)70)68-53-23-17-39(63(7,8)9)31-45(53)46-32-40(64(10,11)12)18-24-54(46)68;2*1-7-5-3-2-4-6-7;/h15-26,29-36,69-70H,13-14,27-28H2,1-12H3;2*2-6H,1H2;/q;2*-1;/p+2. The van der Waals surface area contributed by atoms with Gasteiger partial charge in [-0.3, -0.25) is 9.13 Å². The van der Waals surface area contributed by atoms with E-state index in [0.29, 0.717) is 69.8 Å². The number of aromatic hydroxyl groups is 4. The summed E-state index contributed by atoms with van der Waals surface area (Å²) in [6.45, 7) is 35.0. The van der Waals surface area contributed by atoms with Gasteiger partial charge in [-0.1, -0.05) is 119 Å². The van der Waals surface area contributed by atoms with Crippen LogP contribution >= 0.6 is 22.7 Å². The van der Waals surface area contributed by atoms with Crippen molar-refractivity contribution in [2.75, 3.05) is 13.2 Å². The third kappa shape index (κ3) is 14.4. The summed E-state index contributed by atoms with van der Waals surface area (Å²) in [4.78, 5) is 0. The summed E-state index contributed by atoms with van der Waals surface area (Å²) in [6, 6.07) is 55.2. The number of unbranched alkanes of at least 4 members (excludes halogenated alkanes) is 1. The first-order valence-electron chi connectivity index (χ1n) is 30.2. The van der Waals surface area contributed by atoms with E-state index in [1.807, 2.05) is 71.4 Å². The molecule has 4 aromatic heterocycles. The van der Waals surface area contributed by atoms with Gasteiger partial charge in [0.2, 0.25) is 0 Å². The minimum Gasteiger partial charge on any atom is -0.582 e. The summed E-state index contributed by atoms with van der Waals surface area (Å²) in [7, 11) is 0. The number of hydrogen-bond acceptors (Lipinski definition) is 4. The summed E-state index contributed by atoms with van der Waals surface area (Å²) in [5, 5.41) is 33.8. The molecular weight excluding hydrogens is 1310 g/mol. The number of rotatable bonds is 11. The Morgan fingerprint density at radius 1 is 0.393 bits per heavy atom. The second-order valence-corrected chi connectivity index (χ2v) is 28.7. The van der Waals surface area contributed by atoms with Crippen LogP contribution in [0, 0.1) is 25.5 Å². The van der Waals surface area contributed by atoms with Gasteiger partial charge in [-0.05, 0) is 117 Å². The maximum Gasteiger partial charge on any atom is 0.262 e. The van der Waals surface area contributed by atoms with Crippen LogP contribution in [-0.2, 0) is 47.5 Å². The summed E-state index contributed by atoms with van der Waals surface area (Å²) in [6.07, 6.45) is 1.36. The number of ether oxygens (including phenoxy) is 2. The molecular formula is C78H82F2HfN2O4S2. The summed E-state index contributed by atoms with van der Waals surface area (Å²) in [5.41, 5.74) is 12.9. The van der Waals surface area contributed by atoms with Crippen LogP contribution in [0.4, 0.5) is 8.78 Å². The van der Waals surface area contributed by atoms with Crippen LogP contribution in [-0.4, -0.2) is 42.0 Å². The maximum atomic E-state index is 15.1. The molecule has 0 aliphatic heterocycles. The Bertz CT molecular complexity index is 4030. The number of fused-ring (bicyclic) bond motifs is 6. The molecule has 0 radical (unpaired) electrons. The van der Waals surface area contributed by atoms with Gasteiger partial charge in [0, 0.05) is 94.2 Å². The fraction of sp³-hybridized carbons (Fsp3) is 0.256. The minimum atomic E-state index is -0.412. The molecule has 0 unspecified atom stereocenters. The van der Waals surface area contributed by atoms with Crippen LogP contribution in [0.3, 0.4) is 0 Å². The molecule has 4 heterocycles. The van der Waals surface area contributed by atoms with E-state index >= 15 is 8.78 Å². The molecule has 0 atom stereocenters. The second kappa shape index (κ2) is 26.5. The van der Waals surface area contributed by atoms with Gasteiger partial charge in [0.05, 0.1) is 33.2 Å². The van der Waals surface area contributed by atoms with E-state index in [9.17, 15) is 10.2 Å². The van der Waals surface area contributed by atoms with E-state index in [2.05, 4.69) is 179 Å². The van der Waals surface area contributed by atoms with Crippen molar-refractivity contribution in [2.45, 2.75) is 118 Å². The summed E-state index contributed by atoms with van der Waals surface area (Å²) < 4.78 is 44.3. The van der Waals surface area contributed by atoms with Gasteiger partial charge in [0.25, 0.3) is 11.5 Å². The summed E-state index contributed by atoms with van der Waals surface area (Å²) in [5.74, 6) is 0.508. The number of benzene rings is 8. The average Bonchev–Trinajstić information content (AvgIpc) is 1.69. The Balaban J connectivity index is 0.000000553. The smallest absolute Gasteiger partial charge is 0.262 e. The van der Waals surface area contributed by atoms with Crippen LogP contribution in [0.2, 0.25) is 0 Å². The number of aromatic nitrogens is 2. The minimum absolute atomic E-state index is 0. The third-order valence-corrected chi connectivity index (χ3v) is 18.1. The molecule has 0 saturated carbocycles. The second-order valence-electron chi connectivity index (χ2n) is 27.0. The van der Waals surface area contributed by atoms with Crippen molar-refractivity contribution in [1.29, 1.82) is 0 Å². The van der Waals surface area contributed by atoms with E-state index in [-0.39, 0.29) is 59.0 Å². The Hall–Kier alpha value is -7.57. The largest absolute Gasteiger partial charge is 0.582 e. The molecule has 11 heteroatoms. The molecule has 8 aromatic carbocycles. The van der Waals surface area contributed by atoms with Crippen molar-refractivity contribution in [3.63, 3.8) is 0 Å². The first-order valence-corrected chi connectivity index (χ1v) is 31.9. The van der Waals surface area contributed by atoms with Crippen molar-refractivity contribution in [1.82, 2.24) is 9.13 Å². The Kier molecular flexibility index (Phi) is 19.6. The molecule has 0 spiro atoms. The molecule has 12 aromatic rings. The topological polar surface area (TPSA) is 75.9 Å². The molecule has 0 fully saturated rings. The Morgan fingerprint density at radius 2 is 0.685 bits per heavy atom. The quantitative estimate of drug-likeness (QED) is 0.0586. The molecule has 0 aliphatic carbocycles. The van der Waals surface area contributed by atoms with Gasteiger partial charge in [-0.15, -0.1) is 46.9 Å². The predicted octanol–water partition coefficient (Wildman–Crippen LogP) is 21.9. The number of thiophene rings is 2. The van der Waals surface area contributed by atoms with Crippen LogP contribution in [0.1, 0.15) is 129 Å².